The van der Waals surface area contributed by atoms with Gasteiger partial charge < -0.3 is 0 Å². The van der Waals surface area contributed by atoms with Crippen LogP contribution < -0.4 is 0 Å². The Labute approximate surface area is 86.4 Å². The van der Waals surface area contributed by atoms with Gasteiger partial charge in [0.1, 0.15) is 0 Å². The first kappa shape index (κ1) is 10.8. The van der Waals surface area contributed by atoms with Crippen LogP contribution in [0.2, 0.25) is 0 Å². The number of nitriles is 1. The van der Waals surface area contributed by atoms with Gasteiger partial charge in [-0.3, -0.25) is 0 Å². The number of nitrogens with zero attached hydrogens (tertiary/aromatic N) is 1. The van der Waals surface area contributed by atoms with Crippen molar-refractivity contribution < 1.29 is 0 Å². The van der Waals surface area contributed by atoms with Gasteiger partial charge in [0.25, 0.3) is 0 Å². The fourth-order valence-corrected chi connectivity index (χ4v) is 1.52. The maximum Gasteiger partial charge on any atom is 0.0715 e. The quantitative estimate of drug-likeness (QED) is 0.704. The van der Waals surface area contributed by atoms with Crippen molar-refractivity contribution in [2.75, 3.05) is 0 Å². The second-order valence-electron chi connectivity index (χ2n) is 3.84. The highest BCUT2D eigenvalue weighted by Gasteiger charge is 2.12. The summed E-state index contributed by atoms with van der Waals surface area (Å²) in [4.78, 5) is 0. The first-order valence-electron chi connectivity index (χ1n) is 5.22. The summed E-state index contributed by atoms with van der Waals surface area (Å²) in [6.45, 7) is 4.37. The molecule has 0 N–H and O–H groups in total. The smallest absolute Gasteiger partial charge is 0.0715 e. The van der Waals surface area contributed by atoms with Crippen LogP contribution in [0.4, 0.5) is 0 Å². The third kappa shape index (κ3) is 2.88. The minimum absolute atomic E-state index is 0.0612. The molecular formula is C13H17N. The largest absolute Gasteiger partial charge is 0.198 e. The van der Waals surface area contributed by atoms with Crippen LogP contribution in [-0.2, 0) is 0 Å². The fraction of sp³-hybridized carbons (Fsp3) is 0.462. The molecular weight excluding hydrogens is 170 g/mol. The standard InChI is InChI=1S/C13H17N/c1-3-11(2)9-13(10-14)12-7-5-4-6-8-12/h4-8,11,13H,3,9H2,1-2H3/t11-,13+/m1/s1. The molecule has 1 aromatic carbocycles. The van der Waals surface area contributed by atoms with E-state index in [2.05, 4.69) is 19.9 Å². The van der Waals surface area contributed by atoms with Crippen molar-refractivity contribution in [2.24, 2.45) is 5.92 Å². The van der Waals surface area contributed by atoms with Crippen LogP contribution in [0.25, 0.3) is 0 Å². The number of hydrogen-bond donors (Lipinski definition) is 0. The predicted molar refractivity (Wildman–Crippen MR) is 58.9 cm³/mol. The molecule has 0 fully saturated rings. The van der Waals surface area contributed by atoms with E-state index in [1.807, 2.05) is 30.3 Å². The van der Waals surface area contributed by atoms with Gasteiger partial charge in [-0.15, -0.1) is 0 Å². The molecule has 0 aliphatic carbocycles. The van der Waals surface area contributed by atoms with Crippen LogP contribution in [0.5, 0.6) is 0 Å². The molecule has 2 atom stereocenters. The van der Waals surface area contributed by atoms with Gasteiger partial charge in [-0.25, -0.2) is 0 Å². The van der Waals surface area contributed by atoms with Crippen LogP contribution in [0.1, 0.15) is 38.2 Å². The Bertz CT molecular complexity index is 297. The Kier molecular flexibility index (Phi) is 4.19. The van der Waals surface area contributed by atoms with Crippen molar-refractivity contribution in [3.05, 3.63) is 35.9 Å². The molecule has 0 saturated heterocycles. The van der Waals surface area contributed by atoms with Crippen molar-refractivity contribution in [1.29, 1.82) is 5.26 Å². The maximum absolute atomic E-state index is 9.07. The molecule has 0 aliphatic heterocycles. The van der Waals surface area contributed by atoms with Gasteiger partial charge in [0.05, 0.1) is 12.0 Å². The molecule has 0 saturated carbocycles. The van der Waals surface area contributed by atoms with E-state index in [9.17, 15) is 0 Å². The second-order valence-corrected chi connectivity index (χ2v) is 3.84. The van der Waals surface area contributed by atoms with Gasteiger partial charge in [-0.2, -0.15) is 5.26 Å². The zero-order valence-corrected chi connectivity index (χ0v) is 8.90. The lowest BCUT2D eigenvalue weighted by molar-refractivity contribution is 0.494. The van der Waals surface area contributed by atoms with Gasteiger partial charge in [0.15, 0.2) is 0 Å². The fourth-order valence-electron chi connectivity index (χ4n) is 1.52. The van der Waals surface area contributed by atoms with Crippen LogP contribution in [0, 0.1) is 17.2 Å². The van der Waals surface area contributed by atoms with Crippen molar-refractivity contribution in [2.45, 2.75) is 32.6 Å². The third-order valence-electron chi connectivity index (χ3n) is 2.69. The van der Waals surface area contributed by atoms with Crippen LogP contribution in [-0.4, -0.2) is 0 Å². The van der Waals surface area contributed by atoms with E-state index < -0.39 is 0 Å². The minimum atomic E-state index is 0.0612. The Morgan fingerprint density at radius 2 is 1.93 bits per heavy atom. The van der Waals surface area contributed by atoms with Crippen molar-refractivity contribution >= 4 is 0 Å². The molecule has 14 heavy (non-hydrogen) atoms. The zero-order chi connectivity index (χ0) is 10.4. The highest BCUT2D eigenvalue weighted by molar-refractivity contribution is 5.24. The summed E-state index contributed by atoms with van der Waals surface area (Å²) in [5, 5.41) is 9.07. The summed E-state index contributed by atoms with van der Waals surface area (Å²) in [6, 6.07) is 12.4. The van der Waals surface area contributed by atoms with Gasteiger partial charge in [0, 0.05) is 0 Å². The first-order valence-corrected chi connectivity index (χ1v) is 5.22. The van der Waals surface area contributed by atoms with Gasteiger partial charge in [0.2, 0.25) is 0 Å². The SMILES string of the molecule is CC[C@@H](C)C[C@@H](C#N)c1ccccc1. The molecule has 0 bridgehead atoms. The lowest BCUT2D eigenvalue weighted by Crippen LogP contribution is -2.02. The van der Waals surface area contributed by atoms with Crippen molar-refractivity contribution in [1.82, 2.24) is 0 Å². The summed E-state index contributed by atoms with van der Waals surface area (Å²) < 4.78 is 0. The Morgan fingerprint density at radius 3 is 2.43 bits per heavy atom. The molecule has 0 unspecified atom stereocenters. The molecule has 1 nitrogen and oxygen atoms in total. The van der Waals surface area contributed by atoms with E-state index in [-0.39, 0.29) is 5.92 Å². The van der Waals surface area contributed by atoms with E-state index in [0.717, 1.165) is 18.4 Å². The first-order chi connectivity index (χ1) is 6.77. The maximum atomic E-state index is 9.07. The number of benzene rings is 1. The topological polar surface area (TPSA) is 23.8 Å². The van der Waals surface area contributed by atoms with E-state index >= 15 is 0 Å². The molecule has 0 heterocycles. The van der Waals surface area contributed by atoms with Gasteiger partial charge >= 0.3 is 0 Å². The summed E-state index contributed by atoms with van der Waals surface area (Å²) >= 11 is 0. The van der Waals surface area contributed by atoms with E-state index in [1.165, 1.54) is 0 Å². The molecule has 1 rings (SSSR count). The highest BCUT2D eigenvalue weighted by Crippen LogP contribution is 2.24. The zero-order valence-electron chi connectivity index (χ0n) is 8.90. The molecule has 74 valence electrons. The molecule has 0 aromatic heterocycles. The van der Waals surface area contributed by atoms with Crippen LogP contribution in [0.15, 0.2) is 30.3 Å². The molecule has 1 heteroatoms. The third-order valence-corrected chi connectivity index (χ3v) is 2.69. The van der Waals surface area contributed by atoms with Crippen LogP contribution in [0.3, 0.4) is 0 Å². The molecule has 0 radical (unpaired) electrons. The predicted octanol–water partition coefficient (Wildman–Crippen LogP) is 3.73. The Morgan fingerprint density at radius 1 is 1.29 bits per heavy atom. The number of hydrogen-bond acceptors (Lipinski definition) is 1. The lowest BCUT2D eigenvalue weighted by atomic mass is 9.90. The van der Waals surface area contributed by atoms with Crippen molar-refractivity contribution in [3.8, 4) is 6.07 Å². The monoisotopic (exact) mass is 187 g/mol. The Balaban J connectivity index is 2.69. The molecule has 0 aliphatic rings. The second kappa shape index (κ2) is 5.44. The average molecular weight is 187 g/mol. The summed E-state index contributed by atoms with van der Waals surface area (Å²) in [5.41, 5.74) is 1.15. The average Bonchev–Trinajstić information content (AvgIpc) is 2.26. The van der Waals surface area contributed by atoms with Gasteiger partial charge in [-0.05, 0) is 17.9 Å². The minimum Gasteiger partial charge on any atom is -0.198 e. The van der Waals surface area contributed by atoms with Gasteiger partial charge in [-0.1, -0.05) is 50.6 Å². The Hall–Kier alpha value is -1.29. The van der Waals surface area contributed by atoms with E-state index in [1.54, 1.807) is 0 Å². The van der Waals surface area contributed by atoms with Crippen molar-refractivity contribution in [3.63, 3.8) is 0 Å². The summed E-state index contributed by atoms with van der Waals surface area (Å²) in [6.07, 6.45) is 2.11. The molecule has 0 spiro atoms. The summed E-state index contributed by atoms with van der Waals surface area (Å²) in [5.74, 6) is 0.686. The highest BCUT2D eigenvalue weighted by atomic mass is 14.3. The van der Waals surface area contributed by atoms with E-state index in [0.29, 0.717) is 5.92 Å². The lowest BCUT2D eigenvalue weighted by Gasteiger charge is -2.13. The normalized spacial score (nSPS) is 14.4. The number of rotatable bonds is 4. The van der Waals surface area contributed by atoms with Crippen LogP contribution >= 0.6 is 0 Å². The summed E-state index contributed by atoms with van der Waals surface area (Å²) in [7, 11) is 0. The molecule has 0 amide bonds. The van der Waals surface area contributed by atoms with E-state index in [4.69, 9.17) is 5.26 Å². The molecule has 1 aromatic rings.